The number of allylic oxidation sites excluding steroid dienone is 1. The van der Waals surface area contributed by atoms with Gasteiger partial charge in [0.2, 0.25) is 0 Å². The molecule has 1 aliphatic rings. The SMILES string of the molecule is C=CCCCCCC(NC)C1(OC)CCCCCC1. The number of nitrogens with one attached hydrogen (secondary N) is 1. The van der Waals surface area contributed by atoms with E-state index < -0.39 is 0 Å². The van der Waals surface area contributed by atoms with Gasteiger partial charge >= 0.3 is 0 Å². The van der Waals surface area contributed by atoms with Crippen molar-refractivity contribution in [2.45, 2.75) is 82.3 Å². The summed E-state index contributed by atoms with van der Waals surface area (Å²) in [6.07, 6.45) is 16.1. The highest BCUT2D eigenvalue weighted by Crippen LogP contribution is 2.34. The molecule has 0 aromatic rings. The number of unbranched alkanes of at least 4 members (excludes halogenated alkanes) is 3. The lowest BCUT2D eigenvalue weighted by Crippen LogP contribution is -2.50. The number of rotatable bonds is 9. The van der Waals surface area contributed by atoms with Crippen molar-refractivity contribution in [3.63, 3.8) is 0 Å². The molecule has 0 radical (unpaired) electrons. The van der Waals surface area contributed by atoms with Crippen molar-refractivity contribution in [3.8, 4) is 0 Å². The van der Waals surface area contributed by atoms with Crippen molar-refractivity contribution in [1.29, 1.82) is 0 Å². The molecule has 1 atom stereocenters. The molecule has 0 aromatic carbocycles. The van der Waals surface area contributed by atoms with E-state index >= 15 is 0 Å². The number of hydrogen-bond donors (Lipinski definition) is 1. The summed E-state index contributed by atoms with van der Waals surface area (Å²) in [6.45, 7) is 3.79. The zero-order valence-electron chi connectivity index (χ0n) is 13.0. The topological polar surface area (TPSA) is 21.3 Å². The van der Waals surface area contributed by atoms with Crippen LogP contribution in [0.25, 0.3) is 0 Å². The molecule has 0 heterocycles. The molecule has 19 heavy (non-hydrogen) atoms. The molecular weight excluding hydrogens is 234 g/mol. The summed E-state index contributed by atoms with van der Waals surface area (Å²) in [5.74, 6) is 0. The minimum atomic E-state index is 0.0870. The van der Waals surface area contributed by atoms with Crippen LogP contribution in [0.2, 0.25) is 0 Å². The molecule has 1 rings (SSSR count). The van der Waals surface area contributed by atoms with Crippen LogP contribution in [-0.2, 0) is 4.74 Å². The van der Waals surface area contributed by atoms with Crippen molar-refractivity contribution >= 4 is 0 Å². The number of likely N-dealkylation sites (N-methyl/N-ethyl adjacent to an activating group) is 1. The van der Waals surface area contributed by atoms with Gasteiger partial charge in [-0.1, -0.05) is 44.6 Å². The Morgan fingerprint density at radius 3 is 2.37 bits per heavy atom. The van der Waals surface area contributed by atoms with Gasteiger partial charge < -0.3 is 10.1 Å². The Morgan fingerprint density at radius 1 is 1.16 bits per heavy atom. The van der Waals surface area contributed by atoms with E-state index in [2.05, 4.69) is 18.9 Å². The third-order valence-corrected chi connectivity index (χ3v) is 4.74. The predicted molar refractivity (Wildman–Crippen MR) is 83.6 cm³/mol. The number of hydrogen-bond acceptors (Lipinski definition) is 2. The highest BCUT2D eigenvalue weighted by molar-refractivity contribution is 4.93. The molecule has 0 saturated heterocycles. The fourth-order valence-corrected chi connectivity index (χ4v) is 3.51. The highest BCUT2D eigenvalue weighted by Gasteiger charge is 2.37. The van der Waals surface area contributed by atoms with Gasteiger partial charge in [0, 0.05) is 13.2 Å². The maximum atomic E-state index is 6.01. The van der Waals surface area contributed by atoms with Gasteiger partial charge in [-0.2, -0.15) is 0 Å². The third-order valence-electron chi connectivity index (χ3n) is 4.74. The van der Waals surface area contributed by atoms with E-state index in [-0.39, 0.29) is 5.60 Å². The van der Waals surface area contributed by atoms with E-state index in [4.69, 9.17) is 4.74 Å². The molecule has 2 heteroatoms. The Morgan fingerprint density at radius 2 is 1.84 bits per heavy atom. The summed E-state index contributed by atoms with van der Waals surface area (Å²) in [4.78, 5) is 0. The van der Waals surface area contributed by atoms with Crippen LogP contribution in [0.3, 0.4) is 0 Å². The minimum Gasteiger partial charge on any atom is -0.377 e. The Labute approximate surface area is 120 Å². The van der Waals surface area contributed by atoms with E-state index in [0.29, 0.717) is 6.04 Å². The van der Waals surface area contributed by atoms with Gasteiger partial charge in [-0.05, 0) is 39.2 Å². The largest absolute Gasteiger partial charge is 0.377 e. The van der Waals surface area contributed by atoms with Gasteiger partial charge in [-0.3, -0.25) is 0 Å². The Kier molecular flexibility index (Phi) is 8.40. The zero-order valence-corrected chi connectivity index (χ0v) is 13.0. The molecule has 1 saturated carbocycles. The van der Waals surface area contributed by atoms with Crippen molar-refractivity contribution in [2.75, 3.05) is 14.2 Å². The van der Waals surface area contributed by atoms with Crippen LogP contribution in [0.15, 0.2) is 12.7 Å². The lowest BCUT2D eigenvalue weighted by atomic mass is 9.83. The molecule has 0 bridgehead atoms. The molecule has 0 aromatic heterocycles. The van der Waals surface area contributed by atoms with Crippen molar-refractivity contribution in [1.82, 2.24) is 5.32 Å². The molecule has 1 unspecified atom stereocenters. The van der Waals surface area contributed by atoms with Gasteiger partial charge in [0.25, 0.3) is 0 Å². The second-order valence-electron chi connectivity index (χ2n) is 5.95. The first-order chi connectivity index (χ1) is 9.29. The van der Waals surface area contributed by atoms with E-state index in [1.807, 2.05) is 13.2 Å². The smallest absolute Gasteiger partial charge is 0.0830 e. The molecular formula is C17H33NO. The van der Waals surface area contributed by atoms with Crippen LogP contribution in [-0.4, -0.2) is 25.8 Å². The normalized spacial score (nSPS) is 20.7. The fraction of sp³-hybridized carbons (Fsp3) is 0.882. The zero-order chi connectivity index (χ0) is 14.0. The number of methoxy groups -OCH3 is 1. The predicted octanol–water partition coefficient (Wildman–Crippen LogP) is 4.45. The van der Waals surface area contributed by atoms with E-state index in [0.717, 1.165) is 6.42 Å². The lowest BCUT2D eigenvalue weighted by molar-refractivity contribution is -0.0535. The summed E-state index contributed by atoms with van der Waals surface area (Å²) < 4.78 is 6.01. The third kappa shape index (κ3) is 5.27. The molecule has 1 aliphatic carbocycles. The second-order valence-corrected chi connectivity index (χ2v) is 5.95. The Balaban J connectivity index is 2.46. The van der Waals surface area contributed by atoms with Crippen LogP contribution in [0.4, 0.5) is 0 Å². The van der Waals surface area contributed by atoms with Crippen LogP contribution in [0.5, 0.6) is 0 Å². The second kappa shape index (κ2) is 9.55. The van der Waals surface area contributed by atoms with Gasteiger partial charge in [0.15, 0.2) is 0 Å². The first-order valence-electron chi connectivity index (χ1n) is 8.12. The van der Waals surface area contributed by atoms with Crippen molar-refractivity contribution in [3.05, 3.63) is 12.7 Å². The lowest BCUT2D eigenvalue weighted by Gasteiger charge is -2.39. The molecule has 2 nitrogen and oxygen atoms in total. The first kappa shape index (κ1) is 16.7. The van der Waals surface area contributed by atoms with E-state index in [9.17, 15) is 0 Å². The summed E-state index contributed by atoms with van der Waals surface area (Å²) >= 11 is 0. The maximum Gasteiger partial charge on any atom is 0.0830 e. The Hall–Kier alpha value is -0.340. The first-order valence-corrected chi connectivity index (χ1v) is 8.12. The average molecular weight is 267 g/mol. The van der Waals surface area contributed by atoms with Gasteiger partial charge in [0.05, 0.1) is 5.60 Å². The quantitative estimate of drug-likeness (QED) is 0.378. The summed E-state index contributed by atoms with van der Waals surface area (Å²) in [6, 6.07) is 0.513. The summed E-state index contributed by atoms with van der Waals surface area (Å²) in [7, 11) is 4.01. The molecule has 0 amide bonds. The monoisotopic (exact) mass is 267 g/mol. The van der Waals surface area contributed by atoms with Crippen molar-refractivity contribution < 1.29 is 4.74 Å². The fourth-order valence-electron chi connectivity index (χ4n) is 3.51. The van der Waals surface area contributed by atoms with Crippen LogP contribution >= 0.6 is 0 Å². The maximum absolute atomic E-state index is 6.01. The van der Waals surface area contributed by atoms with Crippen LogP contribution in [0.1, 0.15) is 70.6 Å². The molecule has 112 valence electrons. The van der Waals surface area contributed by atoms with E-state index in [1.165, 1.54) is 64.2 Å². The van der Waals surface area contributed by atoms with Crippen LogP contribution < -0.4 is 5.32 Å². The molecule has 1 fully saturated rings. The average Bonchev–Trinajstić information content (AvgIpc) is 2.69. The van der Waals surface area contributed by atoms with Crippen LogP contribution in [0, 0.1) is 0 Å². The van der Waals surface area contributed by atoms with Gasteiger partial charge in [0.1, 0.15) is 0 Å². The highest BCUT2D eigenvalue weighted by atomic mass is 16.5. The molecule has 0 spiro atoms. The summed E-state index contributed by atoms with van der Waals surface area (Å²) in [5.41, 5.74) is 0.0870. The molecule has 1 N–H and O–H groups in total. The Bertz CT molecular complexity index is 231. The molecule has 0 aliphatic heterocycles. The van der Waals surface area contributed by atoms with Gasteiger partial charge in [-0.25, -0.2) is 0 Å². The summed E-state index contributed by atoms with van der Waals surface area (Å²) in [5, 5.41) is 3.54. The van der Waals surface area contributed by atoms with Gasteiger partial charge in [-0.15, -0.1) is 6.58 Å². The standard InChI is InChI=1S/C17H33NO/c1-4-5-6-7-10-13-16(18-2)17(19-3)14-11-8-9-12-15-17/h4,16,18H,1,5-15H2,2-3H3. The minimum absolute atomic E-state index is 0.0870. The number of ether oxygens (including phenoxy) is 1. The van der Waals surface area contributed by atoms with Crippen molar-refractivity contribution in [2.24, 2.45) is 0 Å². The van der Waals surface area contributed by atoms with E-state index in [1.54, 1.807) is 0 Å².